The molecular weight excluding hydrogens is 523 g/mol. The number of amides is 2. The molecule has 0 aliphatic rings. The Morgan fingerprint density at radius 2 is 1.75 bits per heavy atom. The lowest BCUT2D eigenvalue weighted by molar-refractivity contribution is -0.140. The molecule has 0 aliphatic heterocycles. The van der Waals surface area contributed by atoms with Gasteiger partial charge in [0.15, 0.2) is 0 Å². The number of hydrogen-bond acceptors (Lipinski definition) is 5. The molecule has 0 heterocycles. The van der Waals surface area contributed by atoms with E-state index >= 15 is 0 Å². The van der Waals surface area contributed by atoms with Crippen LogP contribution in [0, 0.1) is 0 Å². The van der Waals surface area contributed by atoms with E-state index in [4.69, 9.17) is 16.3 Å². The summed E-state index contributed by atoms with van der Waals surface area (Å²) in [5.74, 6) is -0.722. The van der Waals surface area contributed by atoms with Gasteiger partial charge in [-0.2, -0.15) is 13.2 Å². The Morgan fingerprint density at radius 1 is 1.14 bits per heavy atom. The minimum absolute atomic E-state index is 0.0668. The van der Waals surface area contributed by atoms with Crippen molar-refractivity contribution in [2.75, 3.05) is 31.3 Å². The summed E-state index contributed by atoms with van der Waals surface area (Å²) in [6.45, 7) is 0.735. The summed E-state index contributed by atoms with van der Waals surface area (Å²) in [7, 11) is -1.37. The van der Waals surface area contributed by atoms with Gasteiger partial charge in [0, 0.05) is 13.6 Å². The van der Waals surface area contributed by atoms with Crippen molar-refractivity contribution in [3.05, 3.63) is 58.6 Å². The molecule has 198 valence electrons. The molecule has 0 aliphatic carbocycles. The molecule has 2 aromatic carbocycles. The van der Waals surface area contributed by atoms with Crippen LogP contribution in [0.5, 0.6) is 5.75 Å². The van der Waals surface area contributed by atoms with E-state index in [1.165, 1.54) is 19.1 Å². The van der Waals surface area contributed by atoms with Crippen molar-refractivity contribution in [1.29, 1.82) is 0 Å². The fourth-order valence-electron chi connectivity index (χ4n) is 3.49. The second-order valence-corrected chi connectivity index (χ2v) is 10.2. The van der Waals surface area contributed by atoms with E-state index < -0.39 is 51.9 Å². The molecular formula is C23H27ClF3N3O5S. The number of ether oxygens (including phenoxy) is 1. The molecule has 0 saturated carbocycles. The molecule has 36 heavy (non-hydrogen) atoms. The molecule has 0 spiro atoms. The van der Waals surface area contributed by atoms with E-state index in [1.54, 1.807) is 31.2 Å². The van der Waals surface area contributed by atoms with E-state index in [0.29, 0.717) is 27.8 Å². The average molecular weight is 550 g/mol. The maximum absolute atomic E-state index is 13.5. The van der Waals surface area contributed by atoms with E-state index in [0.717, 1.165) is 12.3 Å². The van der Waals surface area contributed by atoms with E-state index in [1.807, 2.05) is 0 Å². The van der Waals surface area contributed by atoms with Crippen molar-refractivity contribution in [3.63, 3.8) is 0 Å². The topological polar surface area (TPSA) is 96.0 Å². The van der Waals surface area contributed by atoms with Crippen LogP contribution in [-0.2, 0) is 32.3 Å². The van der Waals surface area contributed by atoms with Crippen molar-refractivity contribution < 1.29 is 35.9 Å². The van der Waals surface area contributed by atoms with Gasteiger partial charge in [-0.05, 0) is 42.3 Å². The predicted octanol–water partition coefficient (Wildman–Crippen LogP) is 3.69. The zero-order valence-corrected chi connectivity index (χ0v) is 21.7. The van der Waals surface area contributed by atoms with Gasteiger partial charge in [-0.25, -0.2) is 8.42 Å². The van der Waals surface area contributed by atoms with E-state index in [-0.39, 0.29) is 18.0 Å². The van der Waals surface area contributed by atoms with E-state index in [2.05, 4.69) is 5.32 Å². The summed E-state index contributed by atoms with van der Waals surface area (Å²) >= 11 is 6.06. The first-order valence-electron chi connectivity index (χ1n) is 10.7. The van der Waals surface area contributed by atoms with Gasteiger partial charge in [0.05, 0.1) is 29.6 Å². The number of carbonyl (C=O) groups excluding carboxylic acids is 2. The van der Waals surface area contributed by atoms with Crippen LogP contribution in [0.1, 0.15) is 24.5 Å². The minimum atomic E-state index is -4.76. The van der Waals surface area contributed by atoms with Gasteiger partial charge in [-0.3, -0.25) is 13.9 Å². The number of hydrogen-bond donors (Lipinski definition) is 1. The average Bonchev–Trinajstić information content (AvgIpc) is 2.81. The number of alkyl halides is 3. The number of methoxy groups -OCH3 is 1. The maximum Gasteiger partial charge on any atom is 0.416 e. The number of carbonyl (C=O) groups is 2. The van der Waals surface area contributed by atoms with Crippen molar-refractivity contribution >= 4 is 39.1 Å². The first-order valence-corrected chi connectivity index (χ1v) is 12.9. The Bertz CT molecular complexity index is 1190. The van der Waals surface area contributed by atoms with Crippen molar-refractivity contribution in [2.45, 2.75) is 32.1 Å². The van der Waals surface area contributed by atoms with Gasteiger partial charge >= 0.3 is 6.18 Å². The fraction of sp³-hybridized carbons (Fsp3) is 0.391. The summed E-state index contributed by atoms with van der Waals surface area (Å²) in [5, 5.41) is 2.18. The number of benzene rings is 2. The largest absolute Gasteiger partial charge is 0.497 e. The molecule has 0 bridgehead atoms. The normalized spacial score (nSPS) is 12.6. The van der Waals surface area contributed by atoms with Gasteiger partial charge < -0.3 is 15.0 Å². The minimum Gasteiger partial charge on any atom is -0.497 e. The van der Waals surface area contributed by atoms with Crippen LogP contribution in [0.2, 0.25) is 5.02 Å². The van der Waals surface area contributed by atoms with Crippen molar-refractivity contribution in [3.8, 4) is 5.75 Å². The monoisotopic (exact) mass is 549 g/mol. The molecule has 0 unspecified atom stereocenters. The molecule has 1 atom stereocenters. The van der Waals surface area contributed by atoms with E-state index in [9.17, 15) is 31.2 Å². The zero-order chi connectivity index (χ0) is 27.3. The standard InChI is InChI=1S/C23H27ClF3N3O5S/c1-5-19(22(32)28-2)29(13-15-6-9-17(35-3)10-7-15)21(31)14-30(36(4,33)34)20-12-16(23(25,26)27)8-11-18(20)24/h6-12,19H,5,13-14H2,1-4H3,(H,28,32)/t19-/m0/s1. The molecule has 2 aromatic rings. The molecule has 0 aromatic heterocycles. The number of sulfonamides is 1. The highest BCUT2D eigenvalue weighted by Gasteiger charge is 2.35. The first kappa shape index (κ1) is 29.2. The van der Waals surface area contributed by atoms with Crippen LogP contribution in [0.4, 0.5) is 18.9 Å². The predicted molar refractivity (Wildman–Crippen MR) is 130 cm³/mol. The molecule has 2 rings (SSSR count). The number of likely N-dealkylation sites (N-methyl/N-ethyl adjacent to an activating group) is 1. The number of nitrogens with one attached hydrogen (secondary N) is 1. The van der Waals surface area contributed by atoms with Gasteiger partial charge in [0.25, 0.3) is 0 Å². The SMILES string of the molecule is CC[C@@H](C(=O)NC)N(Cc1ccc(OC)cc1)C(=O)CN(c1cc(C(F)(F)F)ccc1Cl)S(C)(=O)=O. The van der Waals surface area contributed by atoms with Crippen LogP contribution in [0.15, 0.2) is 42.5 Å². The molecule has 13 heteroatoms. The van der Waals surface area contributed by atoms with Crippen LogP contribution in [0.3, 0.4) is 0 Å². The summed E-state index contributed by atoms with van der Waals surface area (Å²) < 4.78 is 70.7. The second kappa shape index (κ2) is 11.8. The van der Waals surface area contributed by atoms with Crippen LogP contribution in [-0.4, -0.2) is 58.1 Å². The Hall–Kier alpha value is -2.99. The Labute approximate surface area is 213 Å². The summed E-state index contributed by atoms with van der Waals surface area (Å²) in [5.41, 5.74) is -1.01. The quantitative estimate of drug-likeness (QED) is 0.488. The molecule has 0 radical (unpaired) electrons. The third kappa shape index (κ3) is 7.26. The summed E-state index contributed by atoms with van der Waals surface area (Å²) in [6.07, 6.45) is -3.81. The third-order valence-electron chi connectivity index (χ3n) is 5.37. The van der Waals surface area contributed by atoms with Crippen molar-refractivity contribution in [2.24, 2.45) is 0 Å². The Balaban J connectivity index is 2.52. The molecule has 2 amide bonds. The van der Waals surface area contributed by atoms with Crippen LogP contribution >= 0.6 is 11.6 Å². The summed E-state index contributed by atoms with van der Waals surface area (Å²) in [6, 6.07) is 7.89. The molecule has 0 fully saturated rings. The van der Waals surface area contributed by atoms with Gasteiger partial charge in [0.1, 0.15) is 18.3 Å². The van der Waals surface area contributed by atoms with Crippen LogP contribution in [0.25, 0.3) is 0 Å². The van der Waals surface area contributed by atoms with Crippen LogP contribution < -0.4 is 14.4 Å². The number of halogens is 4. The molecule has 8 nitrogen and oxygen atoms in total. The highest BCUT2D eigenvalue weighted by molar-refractivity contribution is 7.92. The maximum atomic E-state index is 13.5. The van der Waals surface area contributed by atoms with Crippen molar-refractivity contribution in [1.82, 2.24) is 10.2 Å². The lowest BCUT2D eigenvalue weighted by atomic mass is 10.1. The van der Waals surface area contributed by atoms with Gasteiger partial charge in [-0.1, -0.05) is 30.7 Å². The lowest BCUT2D eigenvalue weighted by Gasteiger charge is -2.33. The second-order valence-electron chi connectivity index (χ2n) is 7.84. The lowest BCUT2D eigenvalue weighted by Crippen LogP contribution is -2.51. The Morgan fingerprint density at radius 3 is 2.22 bits per heavy atom. The molecule has 0 saturated heterocycles. The first-order chi connectivity index (χ1) is 16.7. The smallest absolute Gasteiger partial charge is 0.416 e. The summed E-state index contributed by atoms with van der Waals surface area (Å²) in [4.78, 5) is 27.2. The number of nitrogens with zero attached hydrogens (tertiary/aromatic N) is 2. The fourth-order valence-corrected chi connectivity index (χ4v) is 4.61. The highest BCUT2D eigenvalue weighted by Crippen LogP contribution is 2.36. The zero-order valence-electron chi connectivity index (χ0n) is 20.1. The highest BCUT2D eigenvalue weighted by atomic mass is 35.5. The molecule has 1 N–H and O–H groups in total. The third-order valence-corrected chi connectivity index (χ3v) is 6.81. The van der Waals surface area contributed by atoms with Gasteiger partial charge in [0.2, 0.25) is 21.8 Å². The Kier molecular flexibility index (Phi) is 9.61. The number of anilines is 1. The van der Waals surface area contributed by atoms with Gasteiger partial charge in [-0.15, -0.1) is 0 Å². The number of rotatable bonds is 10.